The van der Waals surface area contributed by atoms with Gasteiger partial charge in [-0.15, -0.1) is 0 Å². The maximum Gasteiger partial charge on any atom is 0.0313 e. The van der Waals surface area contributed by atoms with Crippen LogP contribution in [0, 0.1) is 5.92 Å². The molecule has 2 aliphatic heterocycles. The Balaban J connectivity index is 1.77. The first-order chi connectivity index (χ1) is 8.18. The van der Waals surface area contributed by atoms with Gasteiger partial charge in [0.2, 0.25) is 0 Å². The predicted octanol–water partition coefficient (Wildman–Crippen LogP) is 2.26. The van der Waals surface area contributed by atoms with E-state index in [2.05, 4.69) is 54.4 Å². The molecule has 0 spiro atoms. The molecular formula is C15H22N2. The normalized spacial score (nSPS) is 31.6. The lowest BCUT2D eigenvalue weighted by Crippen LogP contribution is -2.49. The van der Waals surface area contributed by atoms with Crippen molar-refractivity contribution in [1.29, 1.82) is 0 Å². The third-order valence-corrected chi connectivity index (χ3v) is 4.60. The number of fused-ring (bicyclic) bond motifs is 1. The molecule has 2 aliphatic rings. The largest absolute Gasteiger partial charge is 0.312 e. The summed E-state index contributed by atoms with van der Waals surface area (Å²) in [4.78, 5) is 2.64. The Bertz CT molecular complexity index is 385. The van der Waals surface area contributed by atoms with E-state index >= 15 is 0 Å². The molecule has 1 N–H and O–H groups in total. The van der Waals surface area contributed by atoms with Crippen molar-refractivity contribution in [2.45, 2.75) is 38.4 Å². The summed E-state index contributed by atoms with van der Waals surface area (Å²) in [7, 11) is 0. The quantitative estimate of drug-likeness (QED) is 0.838. The van der Waals surface area contributed by atoms with Crippen LogP contribution in [0.4, 0.5) is 0 Å². The van der Waals surface area contributed by atoms with Crippen molar-refractivity contribution in [2.75, 3.05) is 13.1 Å². The Morgan fingerprint density at radius 2 is 2.06 bits per heavy atom. The van der Waals surface area contributed by atoms with Crippen LogP contribution in [0.25, 0.3) is 0 Å². The van der Waals surface area contributed by atoms with Gasteiger partial charge in [0.05, 0.1) is 0 Å². The fourth-order valence-electron chi connectivity index (χ4n) is 3.57. The molecule has 2 fully saturated rings. The van der Waals surface area contributed by atoms with Gasteiger partial charge < -0.3 is 5.32 Å². The fourth-order valence-corrected chi connectivity index (χ4v) is 3.57. The van der Waals surface area contributed by atoms with Crippen LogP contribution in [0.15, 0.2) is 30.3 Å². The maximum atomic E-state index is 3.68. The highest BCUT2D eigenvalue weighted by Crippen LogP contribution is 2.38. The van der Waals surface area contributed by atoms with Gasteiger partial charge in [-0.1, -0.05) is 30.3 Å². The van der Waals surface area contributed by atoms with Crippen molar-refractivity contribution >= 4 is 0 Å². The zero-order chi connectivity index (χ0) is 11.9. The molecule has 0 aliphatic carbocycles. The van der Waals surface area contributed by atoms with E-state index in [1.54, 1.807) is 0 Å². The number of nitrogens with zero attached hydrogens (tertiary/aromatic N) is 1. The van der Waals surface area contributed by atoms with Crippen LogP contribution in [0.2, 0.25) is 0 Å². The Morgan fingerprint density at radius 3 is 2.76 bits per heavy atom. The second-order valence-electron chi connectivity index (χ2n) is 6.00. The fraction of sp³-hybridized carbons (Fsp3) is 0.600. The molecule has 2 saturated heterocycles. The highest BCUT2D eigenvalue weighted by molar-refractivity contribution is 5.17. The predicted molar refractivity (Wildman–Crippen MR) is 70.8 cm³/mol. The highest BCUT2D eigenvalue weighted by Gasteiger charge is 2.49. The summed E-state index contributed by atoms with van der Waals surface area (Å²) in [5.41, 5.74) is 1.72. The third kappa shape index (κ3) is 1.90. The monoisotopic (exact) mass is 230 g/mol. The summed E-state index contributed by atoms with van der Waals surface area (Å²) >= 11 is 0. The summed E-state index contributed by atoms with van der Waals surface area (Å²) in [6, 6.07) is 11.5. The van der Waals surface area contributed by atoms with Gasteiger partial charge in [0.1, 0.15) is 0 Å². The van der Waals surface area contributed by atoms with E-state index in [0.29, 0.717) is 6.04 Å². The molecule has 2 unspecified atom stereocenters. The first-order valence-electron chi connectivity index (χ1n) is 6.70. The molecule has 2 atom stereocenters. The molecule has 1 aromatic rings. The van der Waals surface area contributed by atoms with Gasteiger partial charge in [0.15, 0.2) is 0 Å². The molecule has 2 heterocycles. The van der Waals surface area contributed by atoms with E-state index in [-0.39, 0.29) is 5.54 Å². The molecule has 3 rings (SSSR count). The lowest BCUT2D eigenvalue weighted by Gasteiger charge is -2.36. The minimum atomic E-state index is 0.289. The Morgan fingerprint density at radius 1 is 1.29 bits per heavy atom. The maximum absolute atomic E-state index is 3.68. The van der Waals surface area contributed by atoms with Crippen LogP contribution in [0.3, 0.4) is 0 Å². The molecular weight excluding hydrogens is 208 g/mol. The number of rotatable bonds is 2. The average molecular weight is 230 g/mol. The first-order valence-corrected chi connectivity index (χ1v) is 6.70. The topological polar surface area (TPSA) is 15.3 Å². The number of nitrogens with one attached hydrogen (secondary N) is 1. The minimum absolute atomic E-state index is 0.289. The molecule has 17 heavy (non-hydrogen) atoms. The van der Waals surface area contributed by atoms with E-state index in [1.807, 2.05) is 0 Å². The van der Waals surface area contributed by atoms with Gasteiger partial charge in [-0.3, -0.25) is 4.90 Å². The van der Waals surface area contributed by atoms with Crippen LogP contribution in [-0.2, 0) is 6.54 Å². The van der Waals surface area contributed by atoms with E-state index in [0.717, 1.165) is 12.5 Å². The molecule has 0 saturated carbocycles. The van der Waals surface area contributed by atoms with Gasteiger partial charge in [0, 0.05) is 24.7 Å². The Hall–Kier alpha value is -0.860. The number of hydrogen-bond donors (Lipinski definition) is 1. The molecule has 0 amide bonds. The molecule has 0 aromatic heterocycles. The third-order valence-electron chi connectivity index (χ3n) is 4.60. The summed E-state index contributed by atoms with van der Waals surface area (Å²) in [6.45, 7) is 8.32. The number of hydrogen-bond acceptors (Lipinski definition) is 2. The molecule has 1 aromatic carbocycles. The van der Waals surface area contributed by atoms with E-state index in [9.17, 15) is 0 Å². The average Bonchev–Trinajstić information content (AvgIpc) is 2.85. The van der Waals surface area contributed by atoms with Crippen LogP contribution in [-0.4, -0.2) is 29.6 Å². The van der Waals surface area contributed by atoms with Crippen LogP contribution < -0.4 is 5.32 Å². The van der Waals surface area contributed by atoms with Gasteiger partial charge in [-0.05, 0) is 38.3 Å². The van der Waals surface area contributed by atoms with Gasteiger partial charge in [0.25, 0.3) is 0 Å². The zero-order valence-electron chi connectivity index (χ0n) is 10.8. The van der Waals surface area contributed by atoms with Crippen LogP contribution in [0.5, 0.6) is 0 Å². The summed E-state index contributed by atoms with van der Waals surface area (Å²) in [5, 5.41) is 3.68. The number of benzene rings is 1. The zero-order valence-corrected chi connectivity index (χ0v) is 10.8. The lowest BCUT2D eigenvalue weighted by molar-refractivity contribution is 0.144. The molecule has 0 radical (unpaired) electrons. The molecule has 92 valence electrons. The minimum Gasteiger partial charge on any atom is -0.312 e. The van der Waals surface area contributed by atoms with Crippen LogP contribution in [0.1, 0.15) is 25.8 Å². The van der Waals surface area contributed by atoms with E-state index in [1.165, 1.54) is 25.1 Å². The van der Waals surface area contributed by atoms with Crippen molar-refractivity contribution < 1.29 is 0 Å². The second-order valence-corrected chi connectivity index (χ2v) is 6.00. The summed E-state index contributed by atoms with van der Waals surface area (Å²) in [6.07, 6.45) is 1.35. The van der Waals surface area contributed by atoms with Gasteiger partial charge in [-0.2, -0.15) is 0 Å². The Kier molecular flexibility index (Phi) is 2.72. The van der Waals surface area contributed by atoms with Crippen molar-refractivity contribution in [3.63, 3.8) is 0 Å². The second kappa shape index (κ2) is 4.11. The van der Waals surface area contributed by atoms with E-state index < -0.39 is 0 Å². The first kappa shape index (κ1) is 11.2. The van der Waals surface area contributed by atoms with Crippen molar-refractivity contribution in [1.82, 2.24) is 10.2 Å². The smallest absolute Gasteiger partial charge is 0.0313 e. The Labute approximate surface area is 104 Å². The molecule has 2 nitrogen and oxygen atoms in total. The number of likely N-dealkylation sites (tertiary alicyclic amines) is 1. The lowest BCUT2D eigenvalue weighted by atomic mass is 9.91. The molecule has 2 heteroatoms. The standard InChI is InChI=1S/C15H22N2/c1-15(2)14-13(8-9-16-14)11-17(15)10-12-6-4-3-5-7-12/h3-7,13-14,16H,8-11H2,1-2H3. The van der Waals surface area contributed by atoms with Crippen LogP contribution >= 0.6 is 0 Å². The summed E-state index contributed by atoms with van der Waals surface area (Å²) < 4.78 is 0. The SMILES string of the molecule is CC1(C)C2NCCC2CN1Cc1ccccc1. The van der Waals surface area contributed by atoms with Crippen molar-refractivity contribution in [3.8, 4) is 0 Å². The van der Waals surface area contributed by atoms with Gasteiger partial charge in [-0.25, -0.2) is 0 Å². The van der Waals surface area contributed by atoms with Crippen molar-refractivity contribution in [2.24, 2.45) is 5.92 Å². The highest BCUT2D eigenvalue weighted by atomic mass is 15.3. The summed E-state index contributed by atoms with van der Waals surface area (Å²) in [5.74, 6) is 0.855. The molecule has 0 bridgehead atoms. The van der Waals surface area contributed by atoms with Crippen molar-refractivity contribution in [3.05, 3.63) is 35.9 Å². The van der Waals surface area contributed by atoms with Gasteiger partial charge >= 0.3 is 0 Å². The van der Waals surface area contributed by atoms with E-state index in [4.69, 9.17) is 0 Å².